The van der Waals surface area contributed by atoms with Crippen LogP contribution in [0, 0.1) is 10.1 Å². The summed E-state index contributed by atoms with van der Waals surface area (Å²) in [4.78, 5) is 10.2. The second-order valence-electron chi connectivity index (χ2n) is 4.31. The third kappa shape index (κ3) is 2.66. The first-order valence-corrected chi connectivity index (χ1v) is 6.20. The van der Waals surface area contributed by atoms with Crippen molar-refractivity contribution in [2.45, 2.75) is 20.3 Å². The van der Waals surface area contributed by atoms with Crippen molar-refractivity contribution in [2.75, 3.05) is 5.84 Å². The van der Waals surface area contributed by atoms with Gasteiger partial charge in [-0.15, -0.1) is 9.35 Å². The van der Waals surface area contributed by atoms with Crippen LogP contribution in [-0.4, -0.2) is 15.3 Å². The second-order valence-corrected chi connectivity index (χ2v) is 4.31. The van der Waals surface area contributed by atoms with Gasteiger partial charge in [-0.2, -0.15) is 0 Å². The Morgan fingerprint density at radius 2 is 2.10 bits per heavy atom. The van der Waals surface area contributed by atoms with Crippen LogP contribution >= 0.6 is 0 Å². The van der Waals surface area contributed by atoms with E-state index >= 15 is 0 Å². The number of nitro benzene ring substituents is 1. The molecular weight excluding hydrogens is 258 g/mol. The highest BCUT2D eigenvalue weighted by Gasteiger charge is 2.13. The molecule has 0 fully saturated rings. The normalized spacial score (nSPS) is 11.6. The molecule has 1 aromatic heterocycles. The average Bonchev–Trinajstić information content (AvgIpc) is 2.79. The highest BCUT2D eigenvalue weighted by atomic mass is 16.6. The van der Waals surface area contributed by atoms with Gasteiger partial charge in [-0.25, -0.2) is 0 Å². The van der Waals surface area contributed by atoms with Crippen LogP contribution in [-0.2, 0) is 6.42 Å². The van der Waals surface area contributed by atoms with Gasteiger partial charge >= 0.3 is 5.82 Å². The number of imidazole rings is 1. The number of nitrogen functional groups attached to an aromatic ring is 1. The minimum Gasteiger partial charge on any atom is -0.269 e. The van der Waals surface area contributed by atoms with E-state index < -0.39 is 4.92 Å². The van der Waals surface area contributed by atoms with Gasteiger partial charge in [-0.3, -0.25) is 16.0 Å². The van der Waals surface area contributed by atoms with E-state index in [0.717, 1.165) is 23.5 Å². The number of non-ortho nitro benzene ring substituents is 1. The first-order chi connectivity index (χ1) is 9.52. The Hall–Kier alpha value is -2.70. The molecule has 1 heterocycles. The fraction of sp³-hybridized carbons (Fsp3) is 0.231. The molecule has 0 saturated carbocycles. The topological polar surface area (TPSA) is 90.3 Å². The number of nitrogens with two attached hydrogens (primary N) is 1. The maximum Gasteiger partial charge on any atom is 0.304 e. The van der Waals surface area contributed by atoms with E-state index in [1.165, 1.54) is 16.8 Å². The molecule has 0 aliphatic rings. The van der Waals surface area contributed by atoms with Crippen LogP contribution in [0.5, 0.6) is 0 Å². The van der Waals surface area contributed by atoms with Crippen LogP contribution in [0.1, 0.15) is 25.2 Å². The molecule has 7 heteroatoms. The fourth-order valence-electron chi connectivity index (χ4n) is 1.90. The smallest absolute Gasteiger partial charge is 0.269 e. The highest BCUT2D eigenvalue weighted by molar-refractivity contribution is 5.98. The maximum atomic E-state index is 10.6. The monoisotopic (exact) mass is 274 g/mol. The van der Waals surface area contributed by atoms with Crippen molar-refractivity contribution in [2.24, 2.45) is 5.10 Å². The largest absolute Gasteiger partial charge is 0.304 e. The van der Waals surface area contributed by atoms with Crippen LogP contribution in [0.4, 0.5) is 5.69 Å². The van der Waals surface area contributed by atoms with Gasteiger partial charge in [0.25, 0.3) is 5.69 Å². The Morgan fingerprint density at radius 1 is 1.45 bits per heavy atom. The standard InChI is InChI=1S/C13H16N5O2/c1-3-13-16(14)8-9-17(13)15-10(2)11-4-6-12(7-5-11)18(19)20/h4-9H,3,14H2,1-2H3/q+1/b15-10+. The number of benzene rings is 1. The quantitative estimate of drug-likeness (QED) is 0.299. The molecule has 104 valence electrons. The fourth-order valence-corrected chi connectivity index (χ4v) is 1.90. The predicted molar refractivity (Wildman–Crippen MR) is 74.9 cm³/mol. The molecule has 20 heavy (non-hydrogen) atoms. The van der Waals surface area contributed by atoms with Crippen molar-refractivity contribution in [1.29, 1.82) is 0 Å². The third-order valence-electron chi connectivity index (χ3n) is 3.00. The lowest BCUT2D eigenvalue weighted by Gasteiger charge is -1.99. The lowest BCUT2D eigenvalue weighted by Crippen LogP contribution is -2.46. The van der Waals surface area contributed by atoms with Crippen LogP contribution in [0.15, 0.2) is 41.8 Å². The van der Waals surface area contributed by atoms with E-state index in [0.29, 0.717) is 0 Å². The molecule has 2 aromatic rings. The zero-order valence-corrected chi connectivity index (χ0v) is 11.4. The Labute approximate surface area is 116 Å². The van der Waals surface area contributed by atoms with Crippen molar-refractivity contribution < 1.29 is 9.60 Å². The average molecular weight is 274 g/mol. The summed E-state index contributed by atoms with van der Waals surface area (Å²) < 4.78 is 3.23. The van der Waals surface area contributed by atoms with Crippen LogP contribution < -0.4 is 10.5 Å². The molecule has 0 bridgehead atoms. The van der Waals surface area contributed by atoms with Crippen molar-refractivity contribution in [3.8, 4) is 0 Å². The van der Waals surface area contributed by atoms with Gasteiger partial charge in [0.15, 0.2) is 12.4 Å². The van der Waals surface area contributed by atoms with Gasteiger partial charge in [-0.05, 0) is 24.6 Å². The summed E-state index contributed by atoms with van der Waals surface area (Å²) in [5.74, 6) is 6.64. The number of nitro groups is 1. The number of rotatable bonds is 4. The zero-order chi connectivity index (χ0) is 14.7. The van der Waals surface area contributed by atoms with Gasteiger partial charge in [0.2, 0.25) is 0 Å². The lowest BCUT2D eigenvalue weighted by molar-refractivity contribution is -0.646. The number of aromatic nitrogens is 2. The molecule has 0 amide bonds. The summed E-state index contributed by atoms with van der Waals surface area (Å²) in [5.41, 5.74) is 1.65. The minimum absolute atomic E-state index is 0.0663. The summed E-state index contributed by atoms with van der Waals surface area (Å²) in [5, 5.41) is 15.1. The van der Waals surface area contributed by atoms with E-state index in [9.17, 15) is 10.1 Å². The SMILES string of the molecule is CCc1n(/N=C(\C)c2ccc([N+](=O)[O-])cc2)cc[n+]1N. The highest BCUT2D eigenvalue weighted by Crippen LogP contribution is 2.12. The van der Waals surface area contributed by atoms with Crippen LogP contribution in [0.2, 0.25) is 0 Å². The lowest BCUT2D eigenvalue weighted by atomic mass is 10.1. The van der Waals surface area contributed by atoms with E-state index in [2.05, 4.69) is 5.10 Å². The Morgan fingerprint density at radius 3 is 2.65 bits per heavy atom. The van der Waals surface area contributed by atoms with Crippen molar-refractivity contribution >= 4 is 11.4 Å². The Bertz CT molecular complexity index is 658. The molecular formula is C13H16N5O2+. The summed E-state index contributed by atoms with van der Waals surface area (Å²) >= 11 is 0. The molecule has 0 radical (unpaired) electrons. The van der Waals surface area contributed by atoms with Crippen molar-refractivity contribution in [1.82, 2.24) is 4.68 Å². The minimum atomic E-state index is -0.422. The van der Waals surface area contributed by atoms with Gasteiger partial charge in [0.1, 0.15) is 0 Å². The van der Waals surface area contributed by atoms with Crippen LogP contribution in [0.3, 0.4) is 0 Å². The molecule has 2 rings (SSSR count). The van der Waals surface area contributed by atoms with Gasteiger partial charge in [0, 0.05) is 12.1 Å². The zero-order valence-electron chi connectivity index (χ0n) is 11.4. The predicted octanol–water partition coefficient (Wildman–Crippen LogP) is 1.23. The molecule has 1 aromatic carbocycles. The van der Waals surface area contributed by atoms with Gasteiger partial charge in [0.05, 0.1) is 17.1 Å². The van der Waals surface area contributed by atoms with Gasteiger partial charge < -0.3 is 0 Å². The number of nitrogens with zero attached hydrogens (tertiary/aromatic N) is 4. The molecule has 2 N–H and O–H groups in total. The Balaban J connectivity index is 2.32. The van der Waals surface area contributed by atoms with E-state index in [1.807, 2.05) is 13.8 Å². The summed E-state index contributed by atoms with van der Waals surface area (Å²) in [6.45, 7) is 3.84. The first-order valence-electron chi connectivity index (χ1n) is 6.20. The molecule has 0 spiro atoms. The third-order valence-corrected chi connectivity index (χ3v) is 3.00. The number of hydrogen-bond donors (Lipinski definition) is 1. The summed E-state index contributed by atoms with van der Waals surface area (Å²) in [6.07, 6.45) is 4.25. The van der Waals surface area contributed by atoms with Crippen molar-refractivity contribution in [3.63, 3.8) is 0 Å². The Kier molecular flexibility index (Phi) is 3.79. The summed E-state index contributed by atoms with van der Waals surface area (Å²) in [7, 11) is 0. The molecule has 0 saturated heterocycles. The second kappa shape index (κ2) is 5.52. The first kappa shape index (κ1) is 13.7. The van der Waals surface area contributed by atoms with Crippen molar-refractivity contribution in [3.05, 3.63) is 58.2 Å². The van der Waals surface area contributed by atoms with Gasteiger partial charge in [-0.1, -0.05) is 12.0 Å². The van der Waals surface area contributed by atoms with E-state index in [4.69, 9.17) is 5.84 Å². The molecule has 0 aliphatic heterocycles. The number of hydrogen-bond acceptors (Lipinski definition) is 4. The molecule has 0 unspecified atom stereocenters. The van der Waals surface area contributed by atoms with E-state index in [-0.39, 0.29) is 5.69 Å². The van der Waals surface area contributed by atoms with E-state index in [1.54, 1.807) is 29.2 Å². The molecule has 0 atom stereocenters. The summed E-state index contributed by atoms with van der Waals surface area (Å²) in [6, 6.07) is 6.30. The maximum absolute atomic E-state index is 10.6. The molecule has 7 nitrogen and oxygen atoms in total. The van der Waals surface area contributed by atoms with Crippen LogP contribution in [0.25, 0.3) is 0 Å². The molecule has 0 aliphatic carbocycles.